The lowest BCUT2D eigenvalue weighted by molar-refractivity contribution is 0.102. The number of thiophene rings is 1. The Morgan fingerprint density at radius 1 is 1.21 bits per heavy atom. The monoisotopic (exact) mass is 413 g/mol. The molecule has 1 amide bonds. The van der Waals surface area contributed by atoms with Gasteiger partial charge in [-0.15, -0.1) is 21.5 Å². The minimum absolute atomic E-state index is 0.272. The molecule has 0 bridgehead atoms. The molecule has 4 rings (SSSR count). The molecule has 0 spiro atoms. The third-order valence-corrected chi connectivity index (χ3v) is 6.21. The first kappa shape index (κ1) is 18.7. The zero-order valence-electron chi connectivity index (χ0n) is 15.8. The fraction of sp³-hybridized carbons (Fsp3) is 0.316. The molecule has 0 saturated carbocycles. The maximum atomic E-state index is 13.0. The number of hydrogen-bond donors (Lipinski definition) is 1. The van der Waals surface area contributed by atoms with Gasteiger partial charge in [-0.3, -0.25) is 10.1 Å². The number of hydrogen-bond acceptors (Lipinski definition) is 8. The van der Waals surface area contributed by atoms with Crippen LogP contribution in [0.15, 0.2) is 22.7 Å². The van der Waals surface area contributed by atoms with E-state index in [-0.39, 0.29) is 5.91 Å². The van der Waals surface area contributed by atoms with Crippen molar-refractivity contribution in [3.8, 4) is 10.6 Å². The molecule has 0 aromatic carbocycles. The van der Waals surface area contributed by atoms with Crippen LogP contribution in [0.25, 0.3) is 21.7 Å². The van der Waals surface area contributed by atoms with Gasteiger partial charge in [-0.05, 0) is 38.5 Å². The normalized spacial score (nSPS) is 11.2. The number of anilines is 1. The van der Waals surface area contributed by atoms with E-state index in [1.165, 1.54) is 16.2 Å². The zero-order chi connectivity index (χ0) is 19.7. The van der Waals surface area contributed by atoms with Crippen LogP contribution >= 0.6 is 22.7 Å². The van der Waals surface area contributed by atoms with E-state index in [1.807, 2.05) is 19.1 Å². The first-order valence-corrected chi connectivity index (χ1v) is 10.7. The Labute approximate surface area is 169 Å². The van der Waals surface area contributed by atoms with Crippen LogP contribution < -0.4 is 5.32 Å². The molecule has 0 saturated heterocycles. The summed E-state index contributed by atoms with van der Waals surface area (Å²) in [5, 5.41) is 17.1. The Morgan fingerprint density at radius 3 is 2.82 bits per heavy atom. The van der Waals surface area contributed by atoms with Crippen LogP contribution in [0.4, 0.5) is 5.13 Å². The molecule has 7 nitrogen and oxygen atoms in total. The van der Waals surface area contributed by atoms with Crippen molar-refractivity contribution in [2.24, 2.45) is 0 Å². The molecule has 0 unspecified atom stereocenters. The van der Waals surface area contributed by atoms with Crippen molar-refractivity contribution in [2.75, 3.05) is 5.32 Å². The van der Waals surface area contributed by atoms with Crippen molar-refractivity contribution in [3.63, 3.8) is 0 Å². The summed E-state index contributed by atoms with van der Waals surface area (Å²) in [5.41, 5.74) is 2.14. The lowest BCUT2D eigenvalue weighted by Crippen LogP contribution is -2.13. The first-order chi connectivity index (χ1) is 13.5. The van der Waals surface area contributed by atoms with Gasteiger partial charge in [0, 0.05) is 11.3 Å². The van der Waals surface area contributed by atoms with Crippen molar-refractivity contribution in [2.45, 2.75) is 40.0 Å². The standard InChI is InChI=1S/C19H19N5O2S2/c1-4-5-6-15-22-23-19(28-15)21-17(25)12-9-13(14-8-7-10(2)27-14)20-18-16(12)11(3)24-26-18/h7-9H,4-6H2,1-3H3,(H,21,23,25). The highest BCUT2D eigenvalue weighted by molar-refractivity contribution is 7.15. The maximum Gasteiger partial charge on any atom is 0.259 e. The summed E-state index contributed by atoms with van der Waals surface area (Å²) in [4.78, 5) is 19.7. The van der Waals surface area contributed by atoms with Crippen molar-refractivity contribution in [1.82, 2.24) is 20.3 Å². The number of aryl methyl sites for hydroxylation is 3. The van der Waals surface area contributed by atoms with Crippen LogP contribution in [0.3, 0.4) is 0 Å². The first-order valence-electron chi connectivity index (χ1n) is 9.02. The zero-order valence-corrected chi connectivity index (χ0v) is 17.4. The summed E-state index contributed by atoms with van der Waals surface area (Å²) in [6.07, 6.45) is 3.02. The second kappa shape index (κ2) is 7.76. The summed E-state index contributed by atoms with van der Waals surface area (Å²) in [6.45, 7) is 5.96. The molecule has 9 heteroatoms. The molecule has 1 N–H and O–H groups in total. The van der Waals surface area contributed by atoms with Crippen molar-refractivity contribution in [1.29, 1.82) is 0 Å². The second-order valence-corrected chi connectivity index (χ2v) is 8.82. The number of rotatable bonds is 6. The molecule has 144 valence electrons. The Morgan fingerprint density at radius 2 is 2.07 bits per heavy atom. The van der Waals surface area contributed by atoms with Gasteiger partial charge in [-0.25, -0.2) is 4.98 Å². The van der Waals surface area contributed by atoms with E-state index in [0.717, 1.165) is 29.1 Å². The van der Waals surface area contributed by atoms with Crippen LogP contribution in [0.5, 0.6) is 0 Å². The molecule has 0 aliphatic rings. The number of amides is 1. The van der Waals surface area contributed by atoms with Gasteiger partial charge in [-0.2, -0.15) is 0 Å². The predicted molar refractivity (Wildman–Crippen MR) is 111 cm³/mol. The van der Waals surface area contributed by atoms with Crippen molar-refractivity contribution >= 4 is 44.8 Å². The quantitative estimate of drug-likeness (QED) is 0.477. The summed E-state index contributed by atoms with van der Waals surface area (Å²) in [6, 6.07) is 5.80. The smallest absolute Gasteiger partial charge is 0.259 e. The predicted octanol–water partition coefficient (Wildman–Crippen LogP) is 5.01. The van der Waals surface area contributed by atoms with Gasteiger partial charge in [0.25, 0.3) is 11.6 Å². The van der Waals surface area contributed by atoms with E-state index in [4.69, 9.17) is 4.52 Å². The molecule has 4 aromatic rings. The number of nitrogens with zero attached hydrogens (tertiary/aromatic N) is 4. The van der Waals surface area contributed by atoms with Gasteiger partial charge in [0.1, 0.15) is 5.01 Å². The minimum atomic E-state index is -0.272. The van der Waals surface area contributed by atoms with E-state index in [9.17, 15) is 4.79 Å². The van der Waals surface area contributed by atoms with Crippen molar-refractivity contribution in [3.05, 3.63) is 39.3 Å². The fourth-order valence-electron chi connectivity index (χ4n) is 2.87. The fourth-order valence-corrected chi connectivity index (χ4v) is 4.47. The molecule has 0 aliphatic carbocycles. The molecule has 0 aliphatic heterocycles. The van der Waals surface area contributed by atoms with E-state index in [2.05, 4.69) is 32.6 Å². The highest BCUT2D eigenvalue weighted by atomic mass is 32.1. The summed E-state index contributed by atoms with van der Waals surface area (Å²) in [5.74, 6) is -0.272. The molecule has 4 heterocycles. The largest absolute Gasteiger partial charge is 0.335 e. The average Bonchev–Trinajstić information content (AvgIpc) is 3.40. The van der Waals surface area contributed by atoms with E-state index in [1.54, 1.807) is 24.3 Å². The SMILES string of the molecule is CCCCc1nnc(NC(=O)c2cc(-c3ccc(C)s3)nc3onc(C)c23)s1. The Bertz CT molecular complexity index is 1140. The number of carbonyl (C=O) groups is 1. The van der Waals surface area contributed by atoms with E-state index in [0.29, 0.717) is 33.2 Å². The second-order valence-electron chi connectivity index (χ2n) is 6.47. The highest BCUT2D eigenvalue weighted by Crippen LogP contribution is 2.31. The van der Waals surface area contributed by atoms with Crippen LogP contribution in [-0.4, -0.2) is 26.2 Å². The Hall–Kier alpha value is -2.65. The number of pyridine rings is 1. The van der Waals surface area contributed by atoms with Crippen LogP contribution in [-0.2, 0) is 6.42 Å². The molecule has 0 fully saturated rings. The maximum absolute atomic E-state index is 13.0. The number of unbranched alkanes of at least 4 members (excludes halogenated alkanes) is 1. The molecule has 0 radical (unpaired) electrons. The van der Waals surface area contributed by atoms with Crippen molar-refractivity contribution < 1.29 is 9.32 Å². The van der Waals surface area contributed by atoms with Gasteiger partial charge >= 0.3 is 0 Å². The van der Waals surface area contributed by atoms with Gasteiger partial charge in [-0.1, -0.05) is 29.8 Å². The van der Waals surface area contributed by atoms with E-state index >= 15 is 0 Å². The lowest BCUT2D eigenvalue weighted by Gasteiger charge is -2.05. The lowest BCUT2D eigenvalue weighted by atomic mass is 10.1. The third kappa shape index (κ3) is 3.67. The number of nitrogens with one attached hydrogen (secondary N) is 1. The van der Waals surface area contributed by atoms with Crippen LogP contribution in [0.1, 0.15) is 45.7 Å². The molecular weight excluding hydrogens is 394 g/mol. The van der Waals surface area contributed by atoms with E-state index < -0.39 is 0 Å². The summed E-state index contributed by atoms with van der Waals surface area (Å²) >= 11 is 3.02. The van der Waals surface area contributed by atoms with Crippen LogP contribution in [0, 0.1) is 13.8 Å². The number of carbonyl (C=O) groups excluding carboxylic acids is 1. The minimum Gasteiger partial charge on any atom is -0.335 e. The average molecular weight is 414 g/mol. The van der Waals surface area contributed by atoms with Gasteiger partial charge in [0.05, 0.1) is 27.2 Å². The number of fused-ring (bicyclic) bond motifs is 1. The molecule has 0 atom stereocenters. The summed E-state index contributed by atoms with van der Waals surface area (Å²) in [7, 11) is 0. The van der Waals surface area contributed by atoms with Crippen LogP contribution in [0.2, 0.25) is 0 Å². The van der Waals surface area contributed by atoms with Gasteiger partial charge in [0.15, 0.2) is 0 Å². The molecule has 28 heavy (non-hydrogen) atoms. The Kier molecular flexibility index (Phi) is 5.19. The topological polar surface area (TPSA) is 93.8 Å². The molecule has 4 aromatic heterocycles. The number of aromatic nitrogens is 4. The van der Waals surface area contributed by atoms with Gasteiger partial charge in [0.2, 0.25) is 5.13 Å². The molecular formula is C19H19N5O2S2. The third-order valence-electron chi connectivity index (χ3n) is 4.29. The Balaban J connectivity index is 1.69. The van der Waals surface area contributed by atoms with Gasteiger partial charge < -0.3 is 4.52 Å². The highest BCUT2D eigenvalue weighted by Gasteiger charge is 2.21. The summed E-state index contributed by atoms with van der Waals surface area (Å²) < 4.78 is 5.35.